The number of hydrogen-bond acceptors (Lipinski definition) is 6. The van der Waals surface area contributed by atoms with Crippen molar-refractivity contribution in [1.29, 1.82) is 0 Å². The topological polar surface area (TPSA) is 114 Å². The van der Waals surface area contributed by atoms with E-state index in [0.717, 1.165) is 37.4 Å². The lowest BCUT2D eigenvalue weighted by Gasteiger charge is -2.26. The van der Waals surface area contributed by atoms with E-state index in [2.05, 4.69) is 21.9 Å². The number of nitro benzene ring substituents is 1. The van der Waals surface area contributed by atoms with Crippen molar-refractivity contribution in [3.8, 4) is 0 Å². The molecule has 0 unspecified atom stereocenters. The zero-order chi connectivity index (χ0) is 20.9. The third-order valence-corrected chi connectivity index (χ3v) is 6.75. The second kappa shape index (κ2) is 9.32. The number of nitrogens with zero attached hydrogens (tertiary/aromatic N) is 2. The normalized spacial score (nSPS) is 19.6. The lowest BCUT2D eigenvalue weighted by molar-refractivity contribution is -0.384. The Morgan fingerprint density at radius 3 is 2.59 bits per heavy atom. The van der Waals surface area contributed by atoms with Gasteiger partial charge in [0.1, 0.15) is 5.69 Å². The fourth-order valence-electron chi connectivity index (χ4n) is 3.52. The molecule has 1 heterocycles. The summed E-state index contributed by atoms with van der Waals surface area (Å²) in [6.07, 6.45) is 5.82. The van der Waals surface area contributed by atoms with Crippen LogP contribution < -0.4 is 10.0 Å². The minimum absolute atomic E-state index is 0.0851. The van der Waals surface area contributed by atoms with Crippen LogP contribution in [0.15, 0.2) is 47.5 Å². The zero-order valence-corrected chi connectivity index (χ0v) is 17.2. The van der Waals surface area contributed by atoms with Crippen LogP contribution in [0.4, 0.5) is 11.4 Å². The van der Waals surface area contributed by atoms with Crippen molar-refractivity contribution in [2.45, 2.75) is 50.0 Å². The van der Waals surface area contributed by atoms with E-state index in [1.807, 2.05) is 18.2 Å². The molecule has 9 heteroatoms. The summed E-state index contributed by atoms with van der Waals surface area (Å²) >= 11 is 0. The van der Waals surface area contributed by atoms with Gasteiger partial charge in [-0.1, -0.05) is 13.0 Å². The fraction of sp³-hybridized carbons (Fsp3) is 0.450. The molecule has 0 atom stereocenters. The van der Waals surface area contributed by atoms with Crippen LogP contribution in [0.5, 0.6) is 0 Å². The molecule has 0 aliphatic heterocycles. The van der Waals surface area contributed by atoms with Crippen LogP contribution in [-0.4, -0.2) is 30.9 Å². The van der Waals surface area contributed by atoms with Crippen LogP contribution in [0, 0.1) is 16.0 Å². The first-order valence-electron chi connectivity index (χ1n) is 9.79. The van der Waals surface area contributed by atoms with Crippen molar-refractivity contribution < 1.29 is 13.3 Å². The lowest BCUT2D eigenvalue weighted by atomic mass is 9.88. The molecule has 29 heavy (non-hydrogen) atoms. The first kappa shape index (κ1) is 21.2. The summed E-state index contributed by atoms with van der Waals surface area (Å²) in [5.74, 6) is 0.605. The third-order valence-electron chi connectivity index (χ3n) is 5.24. The minimum atomic E-state index is -3.81. The van der Waals surface area contributed by atoms with E-state index < -0.39 is 14.9 Å². The Labute approximate surface area is 171 Å². The number of benzene rings is 1. The molecule has 1 aliphatic rings. The minimum Gasteiger partial charge on any atom is -0.379 e. The highest BCUT2D eigenvalue weighted by molar-refractivity contribution is 7.89. The van der Waals surface area contributed by atoms with Gasteiger partial charge in [-0.05, 0) is 55.9 Å². The molecule has 3 rings (SSSR count). The number of aromatic nitrogens is 1. The summed E-state index contributed by atoms with van der Waals surface area (Å²) in [6, 6.07) is 9.44. The largest absolute Gasteiger partial charge is 0.379 e. The summed E-state index contributed by atoms with van der Waals surface area (Å²) in [5, 5.41) is 14.5. The predicted octanol–water partition coefficient (Wildman–Crippen LogP) is 3.50. The zero-order valence-electron chi connectivity index (χ0n) is 16.4. The molecule has 1 fully saturated rings. The highest BCUT2D eigenvalue weighted by Gasteiger charge is 2.26. The van der Waals surface area contributed by atoms with Crippen molar-refractivity contribution in [1.82, 2.24) is 9.71 Å². The van der Waals surface area contributed by atoms with Gasteiger partial charge in [0.25, 0.3) is 5.69 Å². The highest BCUT2D eigenvalue weighted by atomic mass is 32.2. The van der Waals surface area contributed by atoms with E-state index in [1.54, 1.807) is 6.20 Å². The van der Waals surface area contributed by atoms with Gasteiger partial charge in [-0.15, -0.1) is 0 Å². The molecule has 8 nitrogen and oxygen atoms in total. The van der Waals surface area contributed by atoms with Crippen molar-refractivity contribution in [3.05, 3.63) is 58.4 Å². The maximum Gasteiger partial charge on any atom is 0.293 e. The lowest BCUT2D eigenvalue weighted by Crippen LogP contribution is -2.37. The van der Waals surface area contributed by atoms with Crippen LogP contribution in [0.3, 0.4) is 0 Å². The second-order valence-corrected chi connectivity index (χ2v) is 9.23. The third kappa shape index (κ3) is 5.74. The van der Waals surface area contributed by atoms with Crippen molar-refractivity contribution in [2.24, 2.45) is 5.92 Å². The van der Waals surface area contributed by atoms with Crippen molar-refractivity contribution in [2.75, 3.05) is 11.9 Å². The summed E-state index contributed by atoms with van der Waals surface area (Å²) in [4.78, 5) is 15.1. The molecule has 0 bridgehead atoms. The Hall–Kier alpha value is -2.52. The van der Waals surface area contributed by atoms with Crippen LogP contribution in [0.2, 0.25) is 0 Å². The number of anilines is 1. The summed E-state index contributed by atoms with van der Waals surface area (Å²) in [6.45, 7) is 2.61. The molecule has 0 amide bonds. The molecule has 1 saturated carbocycles. The van der Waals surface area contributed by atoms with Crippen LogP contribution in [-0.2, 0) is 16.4 Å². The SMILES string of the molecule is CC1CCC(NS(=O)(=O)c2ccc(NCCc3ccccn3)c([N+](=O)[O-])c2)CC1. The summed E-state index contributed by atoms with van der Waals surface area (Å²) in [5.41, 5.74) is 0.899. The van der Waals surface area contributed by atoms with Gasteiger partial charge in [0.2, 0.25) is 10.0 Å². The van der Waals surface area contributed by atoms with Gasteiger partial charge in [-0.25, -0.2) is 13.1 Å². The smallest absolute Gasteiger partial charge is 0.293 e. The molecule has 1 aromatic heterocycles. The van der Waals surface area contributed by atoms with E-state index in [0.29, 0.717) is 18.9 Å². The summed E-state index contributed by atoms with van der Waals surface area (Å²) in [7, 11) is -3.81. The Kier molecular flexibility index (Phi) is 6.81. The number of sulfonamides is 1. The molecule has 2 aromatic rings. The van der Waals surface area contributed by atoms with Gasteiger partial charge in [0.05, 0.1) is 9.82 Å². The molecule has 0 spiro atoms. The molecule has 1 aromatic carbocycles. The van der Waals surface area contributed by atoms with Gasteiger partial charge in [-0.3, -0.25) is 15.1 Å². The van der Waals surface area contributed by atoms with Crippen LogP contribution >= 0.6 is 0 Å². The van der Waals surface area contributed by atoms with Gasteiger partial charge in [0, 0.05) is 37.0 Å². The number of rotatable bonds is 8. The average Bonchev–Trinajstić information content (AvgIpc) is 2.70. The Bertz CT molecular complexity index is 942. The number of pyridine rings is 1. The summed E-state index contributed by atoms with van der Waals surface area (Å²) < 4.78 is 28.1. The van der Waals surface area contributed by atoms with E-state index >= 15 is 0 Å². The average molecular weight is 419 g/mol. The maximum absolute atomic E-state index is 12.7. The molecule has 1 aliphatic carbocycles. The van der Waals surface area contributed by atoms with Crippen molar-refractivity contribution in [3.63, 3.8) is 0 Å². The molecular formula is C20H26N4O4S. The van der Waals surface area contributed by atoms with E-state index in [-0.39, 0.29) is 22.3 Å². The second-order valence-electron chi connectivity index (χ2n) is 7.51. The first-order valence-corrected chi connectivity index (χ1v) is 11.3. The molecule has 156 valence electrons. The number of hydrogen-bond donors (Lipinski definition) is 2. The van der Waals surface area contributed by atoms with E-state index in [9.17, 15) is 18.5 Å². The number of nitro groups is 1. The van der Waals surface area contributed by atoms with Crippen LogP contribution in [0.25, 0.3) is 0 Å². The standard InChI is InChI=1S/C20H26N4O4S/c1-15-5-7-17(8-6-15)23-29(27,28)18-9-10-19(20(14-18)24(25)26)22-13-11-16-4-2-3-12-21-16/h2-4,9-10,12,14-15,17,22-23H,5-8,11,13H2,1H3. The van der Waals surface area contributed by atoms with E-state index in [4.69, 9.17) is 0 Å². The molecular weight excluding hydrogens is 392 g/mol. The monoisotopic (exact) mass is 418 g/mol. The Balaban J connectivity index is 1.70. The van der Waals surface area contributed by atoms with Gasteiger partial charge < -0.3 is 5.32 Å². The van der Waals surface area contributed by atoms with Gasteiger partial charge in [0.15, 0.2) is 0 Å². The highest BCUT2D eigenvalue weighted by Crippen LogP contribution is 2.29. The van der Waals surface area contributed by atoms with Crippen LogP contribution in [0.1, 0.15) is 38.3 Å². The Morgan fingerprint density at radius 2 is 1.93 bits per heavy atom. The Morgan fingerprint density at radius 1 is 1.17 bits per heavy atom. The fourth-order valence-corrected chi connectivity index (χ4v) is 4.84. The van der Waals surface area contributed by atoms with E-state index in [1.165, 1.54) is 12.1 Å². The maximum atomic E-state index is 12.7. The number of nitrogens with one attached hydrogen (secondary N) is 2. The molecule has 2 N–H and O–H groups in total. The quantitative estimate of drug-likeness (QED) is 0.501. The molecule has 0 radical (unpaired) electrons. The molecule has 0 saturated heterocycles. The van der Waals surface area contributed by atoms with Gasteiger partial charge >= 0.3 is 0 Å². The predicted molar refractivity (Wildman–Crippen MR) is 111 cm³/mol. The first-order chi connectivity index (χ1) is 13.8. The van der Waals surface area contributed by atoms with Gasteiger partial charge in [-0.2, -0.15) is 0 Å². The van der Waals surface area contributed by atoms with Crippen molar-refractivity contribution >= 4 is 21.4 Å².